The van der Waals surface area contributed by atoms with Crippen LogP contribution in [-0.4, -0.2) is 42.4 Å². The van der Waals surface area contributed by atoms with Crippen LogP contribution < -0.4 is 0 Å². The Morgan fingerprint density at radius 2 is 1.82 bits per heavy atom. The summed E-state index contributed by atoms with van der Waals surface area (Å²) in [5, 5.41) is 10.5. The molecule has 0 aromatic heterocycles. The van der Waals surface area contributed by atoms with Gasteiger partial charge in [0.2, 0.25) is 5.91 Å². The van der Waals surface area contributed by atoms with Gasteiger partial charge in [0.1, 0.15) is 0 Å². The van der Waals surface area contributed by atoms with E-state index in [-0.39, 0.29) is 29.9 Å². The first-order chi connectivity index (χ1) is 15.6. The van der Waals surface area contributed by atoms with Gasteiger partial charge >= 0.3 is 5.97 Å². The van der Waals surface area contributed by atoms with Crippen LogP contribution >= 0.6 is 23.2 Å². The number of benzene rings is 2. The number of aliphatic carboxylic acids is 1. The number of hydrogen-bond acceptors (Lipinski definition) is 4. The number of carbonyl (C=O) groups is 2. The quantitative estimate of drug-likeness (QED) is 0.501. The number of carbonyl (C=O) groups excluding carboxylic acids is 1. The van der Waals surface area contributed by atoms with Gasteiger partial charge in [0.15, 0.2) is 0 Å². The van der Waals surface area contributed by atoms with Gasteiger partial charge in [-0.2, -0.15) is 0 Å². The molecule has 1 aliphatic rings. The Morgan fingerprint density at radius 1 is 1.15 bits per heavy atom. The summed E-state index contributed by atoms with van der Waals surface area (Å²) in [7, 11) is 0. The zero-order valence-corrected chi connectivity index (χ0v) is 20.6. The van der Waals surface area contributed by atoms with Crippen LogP contribution in [0.15, 0.2) is 48.5 Å². The van der Waals surface area contributed by atoms with Crippen molar-refractivity contribution in [3.8, 4) is 0 Å². The smallest absolute Gasteiger partial charge is 0.304 e. The number of amides is 1. The highest BCUT2D eigenvalue weighted by molar-refractivity contribution is 7.79. The number of nitrogens with zero attached hydrogens (tertiary/aromatic N) is 1. The highest BCUT2D eigenvalue weighted by atomic mass is 35.5. The van der Waals surface area contributed by atoms with E-state index < -0.39 is 35.1 Å². The lowest BCUT2D eigenvalue weighted by Crippen LogP contribution is -2.55. The van der Waals surface area contributed by atoms with Crippen molar-refractivity contribution in [3.63, 3.8) is 0 Å². The Balaban J connectivity index is 2.21. The molecule has 0 aliphatic carbocycles. The largest absolute Gasteiger partial charge is 0.772 e. The van der Waals surface area contributed by atoms with E-state index in [9.17, 15) is 23.5 Å². The molecular weight excluding hydrogens is 485 g/mol. The lowest BCUT2D eigenvalue weighted by Gasteiger charge is -2.49. The molecule has 1 saturated heterocycles. The summed E-state index contributed by atoms with van der Waals surface area (Å²) in [6, 6.07) is 13.3. The van der Waals surface area contributed by atoms with Gasteiger partial charge < -0.3 is 14.6 Å². The second-order valence-electron chi connectivity index (χ2n) is 8.72. The first-order valence-electron chi connectivity index (χ1n) is 10.7. The molecule has 1 heterocycles. The van der Waals surface area contributed by atoms with Gasteiger partial charge in [-0.15, -0.1) is 0 Å². The van der Waals surface area contributed by atoms with E-state index in [2.05, 4.69) is 0 Å². The number of likely N-dealkylation sites (tertiary alicyclic amines) is 1. The molecule has 9 heteroatoms. The van der Waals surface area contributed by atoms with Gasteiger partial charge in [-0.1, -0.05) is 72.4 Å². The van der Waals surface area contributed by atoms with Crippen molar-refractivity contribution in [2.75, 3.05) is 5.75 Å². The molecule has 1 fully saturated rings. The molecule has 2 aromatic rings. The average Bonchev–Trinajstić information content (AvgIpc) is 2.73. The minimum Gasteiger partial charge on any atom is -0.772 e. The van der Waals surface area contributed by atoms with Crippen molar-refractivity contribution in [2.24, 2.45) is 11.8 Å². The van der Waals surface area contributed by atoms with Gasteiger partial charge in [-0.05, 0) is 47.7 Å². The molecule has 5 atom stereocenters. The van der Waals surface area contributed by atoms with Crippen LogP contribution in [0, 0.1) is 11.8 Å². The maximum atomic E-state index is 13.7. The van der Waals surface area contributed by atoms with Crippen LogP contribution in [0.25, 0.3) is 0 Å². The number of hydrogen-bond donors (Lipinski definition) is 1. The molecule has 6 nitrogen and oxygen atoms in total. The monoisotopic (exact) mass is 510 g/mol. The summed E-state index contributed by atoms with van der Waals surface area (Å²) >= 11 is 9.99. The summed E-state index contributed by atoms with van der Waals surface area (Å²) in [6.07, 6.45) is -0.0223. The molecule has 5 unspecified atom stereocenters. The van der Waals surface area contributed by atoms with Gasteiger partial charge in [-0.25, -0.2) is 0 Å². The van der Waals surface area contributed by atoms with Gasteiger partial charge in [0, 0.05) is 33.7 Å². The summed E-state index contributed by atoms with van der Waals surface area (Å²) in [4.78, 5) is 26.9. The molecule has 33 heavy (non-hydrogen) atoms. The third-order valence-corrected chi connectivity index (χ3v) is 7.27. The fraction of sp³-hybridized carbons (Fsp3) is 0.417. The molecule has 0 radical (unpaired) electrons. The average molecular weight is 511 g/mol. The summed E-state index contributed by atoms with van der Waals surface area (Å²) in [5.41, 5.74) is 1.66. The predicted octanol–water partition coefficient (Wildman–Crippen LogP) is 5.05. The van der Waals surface area contributed by atoms with Crippen molar-refractivity contribution >= 4 is 46.2 Å². The van der Waals surface area contributed by atoms with E-state index in [1.54, 1.807) is 23.1 Å². The zero-order chi connectivity index (χ0) is 24.3. The number of carboxylic acids is 1. The van der Waals surface area contributed by atoms with Crippen molar-refractivity contribution in [1.82, 2.24) is 4.90 Å². The zero-order valence-electron chi connectivity index (χ0n) is 18.3. The second-order valence-corrected chi connectivity index (χ2v) is 10.5. The molecule has 2 aromatic carbocycles. The maximum absolute atomic E-state index is 13.7. The summed E-state index contributed by atoms with van der Waals surface area (Å²) in [6.45, 7) is 3.72. The molecule has 178 valence electrons. The molecular formula is C24H26Cl2NO5S-. The Labute approximate surface area is 206 Å². The first kappa shape index (κ1) is 25.7. The van der Waals surface area contributed by atoms with E-state index in [1.807, 2.05) is 44.2 Å². The summed E-state index contributed by atoms with van der Waals surface area (Å²) in [5.74, 6) is -2.90. The topological polar surface area (TPSA) is 97.7 Å². The fourth-order valence-corrected chi connectivity index (χ4v) is 5.82. The standard InChI is InChI=1S/C24H27Cl2NO5S/c1-14(2)21(13-33(31)32)27-23(15-6-8-18(25)9-7-15)20(16-4-3-5-19(26)10-16)11-17(24(27)30)12-22(28)29/h3-10,14,17,20-21,23H,11-13H2,1-2H3,(H,28,29)(H,31,32)/p-1. The third-order valence-electron chi connectivity index (χ3n) is 6.17. The normalized spacial score (nSPS) is 22.9. The van der Waals surface area contributed by atoms with Crippen LogP contribution in [0.3, 0.4) is 0 Å². The van der Waals surface area contributed by atoms with Crippen LogP contribution in [0.1, 0.15) is 49.8 Å². The molecule has 0 saturated carbocycles. The van der Waals surface area contributed by atoms with E-state index in [0.717, 1.165) is 11.1 Å². The summed E-state index contributed by atoms with van der Waals surface area (Å²) < 4.78 is 23.5. The SMILES string of the molecule is CC(C)C(CS(=O)[O-])N1C(=O)C(CC(=O)O)CC(c2cccc(Cl)c2)C1c1ccc(Cl)cc1. The van der Waals surface area contributed by atoms with Crippen LogP contribution in [0.2, 0.25) is 10.0 Å². The number of piperidine rings is 1. The van der Waals surface area contributed by atoms with Crippen molar-refractivity contribution in [1.29, 1.82) is 0 Å². The molecule has 1 amide bonds. The second kappa shape index (κ2) is 11.0. The van der Waals surface area contributed by atoms with E-state index >= 15 is 0 Å². The molecule has 0 bridgehead atoms. The van der Waals surface area contributed by atoms with Gasteiger partial charge in [0.05, 0.1) is 12.5 Å². The molecule has 1 N–H and O–H groups in total. The predicted molar refractivity (Wildman–Crippen MR) is 128 cm³/mol. The van der Waals surface area contributed by atoms with Crippen LogP contribution in [0.4, 0.5) is 0 Å². The Kier molecular flexibility index (Phi) is 8.56. The van der Waals surface area contributed by atoms with Crippen LogP contribution in [-0.2, 0) is 20.7 Å². The minimum atomic E-state index is -2.39. The number of carboxylic acid groups (broad SMARTS) is 1. The molecule has 0 spiro atoms. The lowest BCUT2D eigenvalue weighted by molar-refractivity contribution is -0.152. The van der Waals surface area contributed by atoms with Gasteiger partial charge in [-0.3, -0.25) is 13.8 Å². The highest BCUT2D eigenvalue weighted by Gasteiger charge is 2.46. The minimum absolute atomic E-state index is 0.176. The van der Waals surface area contributed by atoms with Crippen LogP contribution in [0.5, 0.6) is 0 Å². The maximum Gasteiger partial charge on any atom is 0.304 e. The Morgan fingerprint density at radius 3 is 2.36 bits per heavy atom. The molecule has 1 aliphatic heterocycles. The van der Waals surface area contributed by atoms with Crippen molar-refractivity contribution in [2.45, 2.75) is 44.7 Å². The van der Waals surface area contributed by atoms with E-state index in [1.165, 1.54) is 0 Å². The van der Waals surface area contributed by atoms with Crippen molar-refractivity contribution < 1.29 is 23.5 Å². The van der Waals surface area contributed by atoms with Gasteiger partial charge in [0.25, 0.3) is 0 Å². The fourth-order valence-electron chi connectivity index (χ4n) is 4.67. The van der Waals surface area contributed by atoms with E-state index in [0.29, 0.717) is 16.5 Å². The number of rotatable bonds is 8. The third kappa shape index (κ3) is 6.15. The highest BCUT2D eigenvalue weighted by Crippen LogP contribution is 2.48. The lowest BCUT2D eigenvalue weighted by atomic mass is 9.74. The van der Waals surface area contributed by atoms with Crippen molar-refractivity contribution in [3.05, 3.63) is 69.7 Å². The Hall–Kier alpha value is -1.93. The van der Waals surface area contributed by atoms with E-state index in [4.69, 9.17) is 23.2 Å². The molecule has 3 rings (SSSR count). The Bertz CT molecular complexity index is 1030. The number of halogens is 2. The first-order valence-corrected chi connectivity index (χ1v) is 12.7.